The Bertz CT molecular complexity index is 742. The second-order valence-electron chi connectivity index (χ2n) is 6.58. The van der Waals surface area contributed by atoms with Gasteiger partial charge in [-0.2, -0.15) is 17.0 Å². The summed E-state index contributed by atoms with van der Waals surface area (Å²) in [5.41, 5.74) is -0.230. The summed E-state index contributed by atoms with van der Waals surface area (Å²) >= 11 is 0. The van der Waals surface area contributed by atoms with Crippen LogP contribution in [0.4, 0.5) is 9.18 Å². The van der Waals surface area contributed by atoms with Gasteiger partial charge in [-0.1, -0.05) is 43.0 Å². The maximum absolute atomic E-state index is 13.4. The van der Waals surface area contributed by atoms with Crippen molar-refractivity contribution in [3.8, 4) is 0 Å². The average molecular weight is 384 g/mol. The molecule has 0 spiro atoms. The summed E-state index contributed by atoms with van der Waals surface area (Å²) in [7, 11) is -4.37. The number of hydrogen-bond donors (Lipinski definition) is 0. The van der Waals surface area contributed by atoms with E-state index >= 15 is 0 Å². The highest BCUT2D eigenvalue weighted by Crippen LogP contribution is 2.19. The first kappa shape index (κ1) is 21.9. The van der Waals surface area contributed by atoms with E-state index in [0.29, 0.717) is 9.87 Å². The van der Waals surface area contributed by atoms with Crippen LogP contribution in [-0.4, -0.2) is 41.8 Å². The number of rotatable bonds is 8. The van der Waals surface area contributed by atoms with E-state index in [1.165, 1.54) is 6.08 Å². The Labute approximate surface area is 154 Å². The SMILES string of the molecule is C=CCN(Cc1ccccc1)S(=O)(=O)N(CC(=C)F)C(=O)OC(C)(C)C. The quantitative estimate of drug-likeness (QED) is 0.642. The van der Waals surface area contributed by atoms with Crippen molar-refractivity contribution in [1.29, 1.82) is 0 Å². The van der Waals surface area contributed by atoms with E-state index in [2.05, 4.69) is 13.2 Å². The normalized spacial score (nSPS) is 11.9. The third kappa shape index (κ3) is 6.61. The van der Waals surface area contributed by atoms with Gasteiger partial charge in [0.2, 0.25) is 0 Å². The van der Waals surface area contributed by atoms with Crippen LogP contribution in [0.3, 0.4) is 0 Å². The van der Waals surface area contributed by atoms with Crippen LogP contribution in [0.2, 0.25) is 0 Å². The molecule has 0 N–H and O–H groups in total. The number of amides is 1. The second kappa shape index (κ2) is 8.95. The molecular weight excluding hydrogens is 359 g/mol. The minimum atomic E-state index is -4.37. The lowest BCUT2D eigenvalue weighted by atomic mass is 10.2. The van der Waals surface area contributed by atoms with Crippen LogP contribution in [0.25, 0.3) is 0 Å². The molecule has 0 aromatic heterocycles. The van der Waals surface area contributed by atoms with Crippen LogP contribution in [0, 0.1) is 0 Å². The number of carbonyl (C=O) groups excluding carboxylic acids is 1. The van der Waals surface area contributed by atoms with Crippen LogP contribution in [0.15, 0.2) is 55.4 Å². The summed E-state index contributed by atoms with van der Waals surface area (Å²) in [6.07, 6.45) is 0.219. The summed E-state index contributed by atoms with van der Waals surface area (Å²) in [4.78, 5) is 12.4. The van der Waals surface area contributed by atoms with E-state index in [0.717, 1.165) is 4.31 Å². The van der Waals surface area contributed by atoms with Gasteiger partial charge in [0, 0.05) is 13.1 Å². The first-order chi connectivity index (χ1) is 12.0. The number of hydrogen-bond acceptors (Lipinski definition) is 4. The van der Waals surface area contributed by atoms with Gasteiger partial charge < -0.3 is 4.74 Å². The number of carbonyl (C=O) groups is 1. The van der Waals surface area contributed by atoms with Crippen molar-refractivity contribution in [2.75, 3.05) is 13.1 Å². The van der Waals surface area contributed by atoms with Crippen LogP contribution >= 0.6 is 0 Å². The zero-order chi connectivity index (χ0) is 20.0. The average Bonchev–Trinajstić information content (AvgIpc) is 2.51. The molecule has 1 rings (SSSR count). The Hall–Kier alpha value is -2.19. The molecule has 144 valence electrons. The smallest absolute Gasteiger partial charge is 0.425 e. The standard InChI is InChI=1S/C18H25FN2O4S/c1-6-12-20(14-16-10-8-7-9-11-16)26(23,24)21(13-15(2)19)17(22)25-18(3,4)5/h6-11H,1-2,12-14H2,3-5H3. The lowest BCUT2D eigenvalue weighted by Crippen LogP contribution is -2.48. The fourth-order valence-electron chi connectivity index (χ4n) is 2.02. The van der Waals surface area contributed by atoms with Crippen LogP contribution in [0.1, 0.15) is 26.3 Å². The van der Waals surface area contributed by atoms with Crippen LogP contribution in [0.5, 0.6) is 0 Å². The summed E-state index contributed by atoms with van der Waals surface area (Å²) < 4.78 is 45.8. The summed E-state index contributed by atoms with van der Waals surface area (Å²) in [6, 6.07) is 8.83. The predicted octanol–water partition coefficient (Wildman–Crippen LogP) is 3.64. The first-order valence-corrected chi connectivity index (χ1v) is 9.36. The molecule has 0 aliphatic carbocycles. The molecule has 0 aliphatic heterocycles. The summed E-state index contributed by atoms with van der Waals surface area (Å²) in [5, 5.41) is 0. The molecule has 8 heteroatoms. The summed E-state index contributed by atoms with van der Waals surface area (Å²) in [6.45, 7) is 10.5. The maximum Gasteiger partial charge on any atom is 0.425 e. The van der Waals surface area contributed by atoms with Gasteiger partial charge in [0.05, 0.1) is 6.54 Å². The van der Waals surface area contributed by atoms with Gasteiger partial charge in [-0.15, -0.1) is 6.58 Å². The number of nitrogens with zero attached hydrogens (tertiary/aromatic N) is 2. The Kier molecular flexibility index (Phi) is 7.53. The van der Waals surface area contributed by atoms with Crippen molar-refractivity contribution >= 4 is 16.3 Å². The van der Waals surface area contributed by atoms with Gasteiger partial charge in [-0.05, 0) is 26.3 Å². The predicted molar refractivity (Wildman–Crippen MR) is 99.2 cm³/mol. The van der Waals surface area contributed by atoms with Crippen LogP contribution < -0.4 is 0 Å². The van der Waals surface area contributed by atoms with E-state index in [1.54, 1.807) is 51.1 Å². The van der Waals surface area contributed by atoms with E-state index in [9.17, 15) is 17.6 Å². The molecule has 26 heavy (non-hydrogen) atoms. The van der Waals surface area contributed by atoms with Crippen molar-refractivity contribution in [2.45, 2.75) is 32.9 Å². The van der Waals surface area contributed by atoms with E-state index in [-0.39, 0.29) is 13.1 Å². The Morgan fingerprint density at radius 1 is 1.27 bits per heavy atom. The molecule has 0 fully saturated rings. The fraction of sp³-hybridized carbons (Fsp3) is 0.389. The molecule has 0 atom stereocenters. The lowest BCUT2D eigenvalue weighted by Gasteiger charge is -2.30. The highest BCUT2D eigenvalue weighted by atomic mass is 32.2. The molecule has 0 unspecified atom stereocenters. The minimum Gasteiger partial charge on any atom is -0.443 e. The number of halogens is 1. The highest BCUT2D eigenvalue weighted by Gasteiger charge is 2.36. The molecule has 0 aliphatic rings. The summed E-state index contributed by atoms with van der Waals surface area (Å²) in [5.74, 6) is -0.974. The zero-order valence-corrected chi connectivity index (χ0v) is 16.1. The topological polar surface area (TPSA) is 66.9 Å². The maximum atomic E-state index is 13.4. The molecule has 1 amide bonds. The van der Waals surface area contributed by atoms with Gasteiger partial charge >= 0.3 is 16.3 Å². The molecule has 1 aromatic carbocycles. The second-order valence-corrected chi connectivity index (χ2v) is 8.43. The van der Waals surface area contributed by atoms with Gasteiger partial charge in [-0.3, -0.25) is 0 Å². The molecular formula is C18H25FN2O4S. The largest absolute Gasteiger partial charge is 0.443 e. The van der Waals surface area contributed by atoms with E-state index in [4.69, 9.17) is 4.74 Å². The van der Waals surface area contributed by atoms with Gasteiger partial charge in [0.15, 0.2) is 0 Å². The Balaban J connectivity index is 3.22. The van der Waals surface area contributed by atoms with Gasteiger partial charge in [0.1, 0.15) is 11.4 Å². The van der Waals surface area contributed by atoms with Crippen molar-refractivity contribution in [2.24, 2.45) is 0 Å². The lowest BCUT2D eigenvalue weighted by molar-refractivity contribution is 0.0386. The van der Waals surface area contributed by atoms with Gasteiger partial charge in [0.25, 0.3) is 0 Å². The molecule has 0 saturated heterocycles. The third-order valence-electron chi connectivity index (χ3n) is 3.05. The van der Waals surface area contributed by atoms with Crippen LogP contribution in [-0.2, 0) is 21.5 Å². The number of benzene rings is 1. The van der Waals surface area contributed by atoms with Crippen molar-refractivity contribution in [3.05, 3.63) is 61.0 Å². The fourth-order valence-corrected chi connectivity index (χ4v) is 3.43. The van der Waals surface area contributed by atoms with Gasteiger partial charge in [-0.25, -0.2) is 9.18 Å². The van der Waals surface area contributed by atoms with Crippen molar-refractivity contribution < 1.29 is 22.3 Å². The third-order valence-corrected chi connectivity index (χ3v) is 4.82. The van der Waals surface area contributed by atoms with Crippen molar-refractivity contribution in [3.63, 3.8) is 0 Å². The van der Waals surface area contributed by atoms with Crippen molar-refractivity contribution in [1.82, 2.24) is 8.61 Å². The molecule has 0 radical (unpaired) electrons. The highest BCUT2D eigenvalue weighted by molar-refractivity contribution is 7.87. The number of ether oxygens (including phenoxy) is 1. The Morgan fingerprint density at radius 3 is 2.31 bits per heavy atom. The molecule has 1 aromatic rings. The monoisotopic (exact) mass is 384 g/mol. The molecule has 0 bridgehead atoms. The molecule has 0 heterocycles. The molecule has 6 nitrogen and oxygen atoms in total. The first-order valence-electron chi connectivity index (χ1n) is 7.96. The Morgan fingerprint density at radius 2 is 1.85 bits per heavy atom. The zero-order valence-electron chi connectivity index (χ0n) is 15.3. The minimum absolute atomic E-state index is 0.00669. The molecule has 0 saturated carbocycles. The van der Waals surface area contributed by atoms with E-state index < -0.39 is 34.3 Å². The van der Waals surface area contributed by atoms with E-state index in [1.807, 2.05) is 0 Å².